The van der Waals surface area contributed by atoms with Gasteiger partial charge in [-0.3, -0.25) is 4.79 Å². The fourth-order valence-corrected chi connectivity index (χ4v) is 4.83. The maximum Gasteiger partial charge on any atom is 0.262 e. The second-order valence-electron chi connectivity index (χ2n) is 8.05. The van der Waals surface area contributed by atoms with E-state index < -0.39 is 0 Å². The summed E-state index contributed by atoms with van der Waals surface area (Å²) in [6, 6.07) is 21.2. The third-order valence-electron chi connectivity index (χ3n) is 5.25. The molecule has 0 bridgehead atoms. The van der Waals surface area contributed by atoms with Gasteiger partial charge >= 0.3 is 0 Å². The monoisotopic (exact) mass is 582 g/mol. The summed E-state index contributed by atoms with van der Waals surface area (Å²) >= 11 is 5.13. The van der Waals surface area contributed by atoms with Gasteiger partial charge in [0, 0.05) is 24.5 Å². The molecule has 37 heavy (non-hydrogen) atoms. The van der Waals surface area contributed by atoms with E-state index in [0.29, 0.717) is 22.5 Å². The molecule has 0 saturated carbocycles. The van der Waals surface area contributed by atoms with Gasteiger partial charge in [0.2, 0.25) is 5.16 Å². The zero-order valence-corrected chi connectivity index (χ0v) is 22.9. The number of rotatable bonds is 12. The lowest BCUT2D eigenvalue weighted by molar-refractivity contribution is -0.118. The summed E-state index contributed by atoms with van der Waals surface area (Å²) in [5, 5.41) is 19.0. The zero-order chi connectivity index (χ0) is 26.0. The fraction of sp³-hybridized carbons (Fsp3) is 0.231. The number of hydrogen-bond acceptors (Lipinski definition) is 8. The van der Waals surface area contributed by atoms with Gasteiger partial charge in [-0.05, 0) is 75.2 Å². The van der Waals surface area contributed by atoms with Crippen LogP contribution in [0.5, 0.6) is 11.5 Å². The topological polar surface area (TPSA) is 103 Å². The van der Waals surface area contributed by atoms with E-state index in [2.05, 4.69) is 42.1 Å². The maximum absolute atomic E-state index is 12.3. The number of carbonyl (C=O) groups is 1. The Morgan fingerprint density at radius 1 is 1.11 bits per heavy atom. The van der Waals surface area contributed by atoms with Gasteiger partial charge in [-0.15, -0.1) is 5.10 Å². The standard InChI is InChI=1S/C26H27BrN6O3S/c1-18-8-10-20(11-9-18)29-24(34)17-36-25-22(27)14-19(15-23(25)35-2)16-28-12-13-37-26-30-31-32-33(26)21-6-4-3-5-7-21/h3-11,14-15,28H,12-13,16-17H2,1-2H3,(H,29,34). The smallest absolute Gasteiger partial charge is 0.262 e. The molecule has 1 heterocycles. The minimum absolute atomic E-state index is 0.139. The third kappa shape index (κ3) is 7.54. The molecule has 4 aromatic rings. The van der Waals surface area contributed by atoms with Crippen LogP contribution >= 0.6 is 27.7 Å². The Morgan fingerprint density at radius 3 is 2.65 bits per heavy atom. The van der Waals surface area contributed by atoms with Crippen LogP contribution in [0.2, 0.25) is 0 Å². The third-order valence-corrected chi connectivity index (χ3v) is 6.76. The first-order valence-corrected chi connectivity index (χ1v) is 13.3. The second kappa shape index (κ2) is 13.2. The fourth-order valence-electron chi connectivity index (χ4n) is 3.43. The van der Waals surface area contributed by atoms with E-state index in [1.165, 1.54) is 0 Å². The highest BCUT2D eigenvalue weighted by Crippen LogP contribution is 2.36. The molecule has 1 aromatic heterocycles. The maximum atomic E-state index is 12.3. The molecular formula is C26H27BrN6O3S. The van der Waals surface area contributed by atoms with E-state index in [1.54, 1.807) is 23.6 Å². The molecule has 3 aromatic carbocycles. The molecule has 0 aliphatic rings. The molecule has 0 radical (unpaired) electrons. The summed E-state index contributed by atoms with van der Waals surface area (Å²) in [6.45, 7) is 3.24. The minimum atomic E-state index is -0.251. The van der Waals surface area contributed by atoms with E-state index >= 15 is 0 Å². The number of ether oxygens (including phenoxy) is 2. The van der Waals surface area contributed by atoms with Crippen LogP contribution in [0.3, 0.4) is 0 Å². The van der Waals surface area contributed by atoms with E-state index in [1.807, 2.05) is 73.7 Å². The molecule has 0 unspecified atom stereocenters. The van der Waals surface area contributed by atoms with Crippen LogP contribution in [0, 0.1) is 6.92 Å². The van der Waals surface area contributed by atoms with Crippen molar-refractivity contribution in [2.24, 2.45) is 0 Å². The van der Waals surface area contributed by atoms with Crippen LogP contribution in [0.25, 0.3) is 5.69 Å². The first-order valence-electron chi connectivity index (χ1n) is 11.6. The van der Waals surface area contributed by atoms with Crippen molar-refractivity contribution in [3.63, 3.8) is 0 Å². The summed E-state index contributed by atoms with van der Waals surface area (Å²) in [5.74, 6) is 1.57. The molecular weight excluding hydrogens is 556 g/mol. The van der Waals surface area contributed by atoms with Crippen LogP contribution < -0.4 is 20.1 Å². The number of carbonyl (C=O) groups excluding carboxylic acids is 1. The van der Waals surface area contributed by atoms with Crippen LogP contribution in [0.1, 0.15) is 11.1 Å². The minimum Gasteiger partial charge on any atom is -0.493 e. The number of para-hydroxylation sites is 1. The zero-order valence-electron chi connectivity index (χ0n) is 20.5. The van der Waals surface area contributed by atoms with Crippen LogP contribution in [-0.2, 0) is 11.3 Å². The quantitative estimate of drug-likeness (QED) is 0.184. The molecule has 0 fully saturated rings. The molecule has 0 spiro atoms. The molecule has 0 saturated heterocycles. The van der Waals surface area contributed by atoms with E-state index in [9.17, 15) is 4.79 Å². The Hall–Kier alpha value is -3.41. The summed E-state index contributed by atoms with van der Waals surface area (Å²) in [5.41, 5.74) is 3.79. The predicted octanol–water partition coefficient (Wildman–Crippen LogP) is 4.64. The lowest BCUT2D eigenvalue weighted by atomic mass is 10.2. The number of hydrogen-bond donors (Lipinski definition) is 2. The Bertz CT molecular complexity index is 1320. The Kier molecular flexibility index (Phi) is 9.52. The summed E-state index contributed by atoms with van der Waals surface area (Å²) < 4.78 is 13.7. The number of thioether (sulfide) groups is 1. The first-order chi connectivity index (χ1) is 18.0. The second-order valence-corrected chi connectivity index (χ2v) is 9.96. The van der Waals surface area contributed by atoms with Gasteiger partial charge in [-0.25, -0.2) is 0 Å². The van der Waals surface area contributed by atoms with Crippen molar-refractivity contribution in [2.45, 2.75) is 18.6 Å². The van der Waals surface area contributed by atoms with Crippen molar-refractivity contribution >= 4 is 39.3 Å². The molecule has 11 heteroatoms. The van der Waals surface area contributed by atoms with Crippen molar-refractivity contribution in [1.29, 1.82) is 0 Å². The highest BCUT2D eigenvalue weighted by Gasteiger charge is 2.14. The Morgan fingerprint density at radius 2 is 1.89 bits per heavy atom. The number of aromatic nitrogens is 4. The van der Waals surface area contributed by atoms with Crippen molar-refractivity contribution in [1.82, 2.24) is 25.5 Å². The average Bonchev–Trinajstić information content (AvgIpc) is 3.38. The summed E-state index contributed by atoms with van der Waals surface area (Å²) in [4.78, 5) is 12.3. The van der Waals surface area contributed by atoms with Gasteiger partial charge in [-0.2, -0.15) is 4.68 Å². The highest BCUT2D eigenvalue weighted by molar-refractivity contribution is 9.10. The number of tetrazole rings is 1. The van der Waals surface area contributed by atoms with Crippen LogP contribution in [0.15, 0.2) is 76.4 Å². The van der Waals surface area contributed by atoms with Gasteiger partial charge < -0.3 is 20.1 Å². The molecule has 1 amide bonds. The number of aryl methyl sites for hydroxylation is 1. The average molecular weight is 584 g/mol. The Balaban J connectivity index is 1.26. The summed E-state index contributed by atoms with van der Waals surface area (Å²) in [7, 11) is 1.58. The number of halogens is 1. The highest BCUT2D eigenvalue weighted by atomic mass is 79.9. The lowest BCUT2D eigenvalue weighted by Crippen LogP contribution is -2.20. The molecule has 0 aliphatic carbocycles. The van der Waals surface area contributed by atoms with Gasteiger partial charge in [0.15, 0.2) is 18.1 Å². The Labute approximate surface area is 228 Å². The number of amides is 1. The van der Waals surface area contributed by atoms with Crippen molar-refractivity contribution in [3.05, 3.63) is 82.3 Å². The van der Waals surface area contributed by atoms with Crippen molar-refractivity contribution in [2.75, 3.05) is 31.3 Å². The number of anilines is 1. The van der Waals surface area contributed by atoms with Gasteiger partial charge in [0.05, 0.1) is 17.3 Å². The first kappa shape index (κ1) is 26.6. The number of benzene rings is 3. The number of nitrogens with one attached hydrogen (secondary N) is 2. The predicted molar refractivity (Wildman–Crippen MR) is 148 cm³/mol. The molecule has 0 aliphatic heterocycles. The van der Waals surface area contributed by atoms with Crippen molar-refractivity contribution < 1.29 is 14.3 Å². The van der Waals surface area contributed by atoms with Crippen molar-refractivity contribution in [3.8, 4) is 17.2 Å². The van der Waals surface area contributed by atoms with Gasteiger partial charge in [-0.1, -0.05) is 47.7 Å². The molecule has 4 rings (SSSR count). The normalized spacial score (nSPS) is 10.8. The molecule has 192 valence electrons. The SMILES string of the molecule is COc1cc(CNCCSc2nnnn2-c2ccccc2)cc(Br)c1OCC(=O)Nc1ccc(C)cc1. The molecule has 0 atom stereocenters. The van der Waals surface area contributed by atoms with Crippen LogP contribution in [-0.4, -0.2) is 52.1 Å². The van der Waals surface area contributed by atoms with E-state index in [-0.39, 0.29) is 12.5 Å². The van der Waals surface area contributed by atoms with E-state index in [4.69, 9.17) is 9.47 Å². The van der Waals surface area contributed by atoms with Gasteiger partial charge in [0.25, 0.3) is 5.91 Å². The summed E-state index contributed by atoms with van der Waals surface area (Å²) in [6.07, 6.45) is 0. The molecule has 2 N–H and O–H groups in total. The van der Waals surface area contributed by atoms with Crippen LogP contribution in [0.4, 0.5) is 5.69 Å². The molecule has 9 nitrogen and oxygen atoms in total. The van der Waals surface area contributed by atoms with E-state index in [0.717, 1.165) is 40.0 Å². The number of methoxy groups -OCH3 is 1. The lowest BCUT2D eigenvalue weighted by Gasteiger charge is -2.15. The van der Waals surface area contributed by atoms with Gasteiger partial charge in [0.1, 0.15) is 0 Å². The number of nitrogens with zero attached hydrogens (tertiary/aromatic N) is 4. The largest absolute Gasteiger partial charge is 0.493 e.